The monoisotopic (exact) mass is 397 g/mol. The molecule has 0 spiro atoms. The lowest BCUT2D eigenvalue weighted by atomic mass is 10.1. The van der Waals surface area contributed by atoms with Gasteiger partial charge in [-0.3, -0.25) is 9.59 Å². The number of H-pyrrole nitrogens is 1. The number of rotatable bonds is 5. The third-order valence-corrected chi connectivity index (χ3v) is 4.58. The fraction of sp³-hybridized carbons (Fsp3) is 0. The second-order valence-corrected chi connectivity index (χ2v) is 6.67. The summed E-state index contributed by atoms with van der Waals surface area (Å²) < 4.78 is 0. The molecule has 0 radical (unpaired) electrons. The van der Waals surface area contributed by atoms with Crippen LogP contribution in [-0.4, -0.2) is 21.9 Å². The number of anilines is 1. The zero-order chi connectivity index (χ0) is 20.9. The van der Waals surface area contributed by atoms with Crippen molar-refractivity contribution in [2.75, 3.05) is 5.32 Å². The highest BCUT2D eigenvalue weighted by molar-refractivity contribution is 6.11. The normalized spacial score (nSPS) is 11.3. The smallest absolute Gasteiger partial charge is 0.272 e. The molecule has 30 heavy (non-hydrogen) atoms. The fourth-order valence-corrected chi connectivity index (χ4v) is 3.05. The number of aromatic amines is 1. The predicted octanol–water partition coefficient (Wildman–Crippen LogP) is 4.28. The van der Waals surface area contributed by atoms with Gasteiger partial charge in [0.2, 0.25) is 0 Å². The van der Waals surface area contributed by atoms with Gasteiger partial charge in [0.1, 0.15) is 11.4 Å². The molecule has 0 fully saturated rings. The maximum absolute atomic E-state index is 13.0. The minimum atomic E-state index is -0.477. The molecule has 6 nitrogen and oxygen atoms in total. The van der Waals surface area contributed by atoms with Gasteiger partial charge in [-0.1, -0.05) is 36.4 Å². The average Bonchev–Trinajstić information content (AvgIpc) is 3.18. The van der Waals surface area contributed by atoms with Gasteiger partial charge in [-0.05, 0) is 48.5 Å². The van der Waals surface area contributed by atoms with Crippen LogP contribution in [0.5, 0.6) is 5.75 Å². The molecular weight excluding hydrogens is 378 g/mol. The van der Waals surface area contributed by atoms with Crippen molar-refractivity contribution in [3.63, 3.8) is 0 Å². The minimum Gasteiger partial charge on any atom is -0.508 e. The largest absolute Gasteiger partial charge is 0.508 e. The van der Waals surface area contributed by atoms with Crippen LogP contribution >= 0.6 is 0 Å². The van der Waals surface area contributed by atoms with E-state index in [1.165, 1.54) is 12.1 Å². The highest BCUT2D eigenvalue weighted by Crippen LogP contribution is 2.21. The van der Waals surface area contributed by atoms with Gasteiger partial charge in [-0.2, -0.15) is 0 Å². The van der Waals surface area contributed by atoms with Crippen LogP contribution in [0, 0.1) is 0 Å². The third kappa shape index (κ3) is 4.23. The number of hydrogen-bond acceptors (Lipinski definition) is 3. The van der Waals surface area contributed by atoms with Crippen LogP contribution in [0.25, 0.3) is 17.0 Å². The van der Waals surface area contributed by atoms with Crippen LogP contribution in [0.4, 0.5) is 5.69 Å². The van der Waals surface area contributed by atoms with E-state index in [0.29, 0.717) is 11.3 Å². The van der Waals surface area contributed by atoms with Crippen LogP contribution in [0.15, 0.2) is 90.8 Å². The van der Waals surface area contributed by atoms with Crippen molar-refractivity contribution < 1.29 is 14.7 Å². The maximum Gasteiger partial charge on any atom is 0.272 e. The molecule has 2 amide bonds. The summed E-state index contributed by atoms with van der Waals surface area (Å²) in [6.07, 6.45) is 3.42. The number of amides is 2. The van der Waals surface area contributed by atoms with E-state index < -0.39 is 5.91 Å². The van der Waals surface area contributed by atoms with E-state index in [0.717, 1.165) is 16.5 Å². The van der Waals surface area contributed by atoms with E-state index in [2.05, 4.69) is 15.6 Å². The Labute approximate surface area is 172 Å². The maximum atomic E-state index is 13.0. The standard InChI is InChI=1S/C24H19N3O3/c28-19-12-10-18(11-13-19)26-24(30)22(27-23(29)16-6-2-1-3-7-16)14-17-15-25-21-9-5-4-8-20(17)21/h1-15,25,28H,(H,26,30)(H,27,29)/b22-14-. The van der Waals surface area contributed by atoms with E-state index in [-0.39, 0.29) is 17.4 Å². The first-order chi connectivity index (χ1) is 14.6. The molecule has 4 N–H and O–H groups in total. The number of para-hydroxylation sites is 1. The topological polar surface area (TPSA) is 94.2 Å². The fourth-order valence-electron chi connectivity index (χ4n) is 3.05. The van der Waals surface area contributed by atoms with Crippen molar-refractivity contribution in [1.29, 1.82) is 0 Å². The van der Waals surface area contributed by atoms with Gasteiger partial charge < -0.3 is 20.7 Å². The van der Waals surface area contributed by atoms with Gasteiger partial charge >= 0.3 is 0 Å². The highest BCUT2D eigenvalue weighted by atomic mass is 16.3. The summed E-state index contributed by atoms with van der Waals surface area (Å²) in [7, 11) is 0. The Bertz CT molecular complexity index is 1230. The van der Waals surface area contributed by atoms with Crippen molar-refractivity contribution in [3.8, 4) is 5.75 Å². The van der Waals surface area contributed by atoms with Gasteiger partial charge in [0.25, 0.3) is 11.8 Å². The number of phenols is 1. The lowest BCUT2D eigenvalue weighted by Gasteiger charge is -2.11. The van der Waals surface area contributed by atoms with Crippen molar-refractivity contribution in [3.05, 3.63) is 102 Å². The van der Waals surface area contributed by atoms with Crippen LogP contribution < -0.4 is 10.6 Å². The molecule has 0 saturated heterocycles. The molecule has 0 bridgehead atoms. The van der Waals surface area contributed by atoms with Gasteiger partial charge in [0.05, 0.1) is 0 Å². The molecule has 4 aromatic rings. The highest BCUT2D eigenvalue weighted by Gasteiger charge is 2.16. The first kappa shape index (κ1) is 19.0. The molecule has 0 aliphatic rings. The summed E-state index contributed by atoms with van der Waals surface area (Å²) in [6, 6.07) is 22.5. The van der Waals surface area contributed by atoms with Gasteiger partial charge in [0.15, 0.2) is 0 Å². The third-order valence-electron chi connectivity index (χ3n) is 4.58. The van der Waals surface area contributed by atoms with Gasteiger partial charge in [0, 0.05) is 33.9 Å². The molecule has 6 heteroatoms. The summed E-state index contributed by atoms with van der Waals surface area (Å²) in [4.78, 5) is 28.8. The Morgan fingerprint density at radius 2 is 1.57 bits per heavy atom. The number of hydrogen-bond donors (Lipinski definition) is 4. The van der Waals surface area contributed by atoms with Crippen molar-refractivity contribution in [1.82, 2.24) is 10.3 Å². The Morgan fingerprint density at radius 3 is 2.33 bits per heavy atom. The van der Waals surface area contributed by atoms with E-state index in [9.17, 15) is 14.7 Å². The number of carbonyl (C=O) groups excluding carboxylic acids is 2. The summed E-state index contributed by atoms with van der Waals surface area (Å²) >= 11 is 0. The SMILES string of the molecule is O=C(Nc1ccc(O)cc1)/C(=C/c1c[nH]c2ccccc12)NC(=O)c1ccccc1. The van der Waals surface area contributed by atoms with Crippen molar-refractivity contribution in [2.45, 2.75) is 0 Å². The Kier molecular flexibility index (Phi) is 5.30. The molecule has 0 atom stereocenters. The van der Waals surface area contributed by atoms with Gasteiger partial charge in [-0.25, -0.2) is 0 Å². The first-order valence-corrected chi connectivity index (χ1v) is 9.35. The Balaban J connectivity index is 1.67. The lowest BCUT2D eigenvalue weighted by Crippen LogP contribution is -2.30. The number of carbonyl (C=O) groups is 2. The average molecular weight is 397 g/mol. The minimum absolute atomic E-state index is 0.0972. The number of phenolic OH excluding ortho intramolecular Hbond substituents is 1. The molecule has 0 aliphatic heterocycles. The summed E-state index contributed by atoms with van der Waals surface area (Å²) in [6.45, 7) is 0. The molecule has 3 aromatic carbocycles. The van der Waals surface area contributed by atoms with Crippen molar-refractivity contribution in [2.24, 2.45) is 0 Å². The zero-order valence-electron chi connectivity index (χ0n) is 15.9. The van der Waals surface area contributed by atoms with Crippen molar-refractivity contribution >= 4 is 34.5 Å². The molecule has 0 saturated carbocycles. The Morgan fingerprint density at radius 1 is 0.867 bits per heavy atom. The Hall–Kier alpha value is -4.32. The molecule has 1 heterocycles. The number of aromatic nitrogens is 1. The molecular formula is C24H19N3O3. The number of benzene rings is 3. The summed E-state index contributed by atoms with van der Waals surface area (Å²) in [5, 5.41) is 15.8. The van der Waals surface area contributed by atoms with E-state index in [1.54, 1.807) is 48.7 Å². The van der Waals surface area contributed by atoms with E-state index >= 15 is 0 Å². The summed E-state index contributed by atoms with van der Waals surface area (Å²) in [5.74, 6) is -0.766. The zero-order valence-corrected chi connectivity index (χ0v) is 15.9. The van der Waals surface area contributed by atoms with Crippen LogP contribution in [0.2, 0.25) is 0 Å². The first-order valence-electron chi connectivity index (χ1n) is 9.35. The number of aromatic hydroxyl groups is 1. The van der Waals surface area contributed by atoms with Crippen LogP contribution in [-0.2, 0) is 4.79 Å². The van der Waals surface area contributed by atoms with Crippen LogP contribution in [0.3, 0.4) is 0 Å². The molecule has 4 rings (SSSR count). The molecule has 148 valence electrons. The predicted molar refractivity (Wildman–Crippen MR) is 117 cm³/mol. The lowest BCUT2D eigenvalue weighted by molar-refractivity contribution is -0.113. The van der Waals surface area contributed by atoms with Crippen LogP contribution in [0.1, 0.15) is 15.9 Å². The summed E-state index contributed by atoms with van der Waals surface area (Å²) in [5.41, 5.74) is 2.74. The quantitative estimate of drug-likeness (QED) is 0.299. The molecule has 1 aromatic heterocycles. The second-order valence-electron chi connectivity index (χ2n) is 6.67. The number of fused-ring (bicyclic) bond motifs is 1. The van der Waals surface area contributed by atoms with E-state index in [1.807, 2.05) is 30.3 Å². The number of nitrogens with one attached hydrogen (secondary N) is 3. The molecule has 0 unspecified atom stereocenters. The van der Waals surface area contributed by atoms with Gasteiger partial charge in [-0.15, -0.1) is 0 Å². The van der Waals surface area contributed by atoms with E-state index in [4.69, 9.17) is 0 Å². The molecule has 0 aliphatic carbocycles. The second kappa shape index (κ2) is 8.36.